The maximum absolute atomic E-state index is 14.5. The summed E-state index contributed by atoms with van der Waals surface area (Å²) in [7, 11) is 1.97. The molecule has 0 radical (unpaired) electrons. The van der Waals surface area contributed by atoms with Crippen molar-refractivity contribution >= 4 is 38.8 Å². The van der Waals surface area contributed by atoms with Gasteiger partial charge in [-0.05, 0) is 40.9 Å². The summed E-state index contributed by atoms with van der Waals surface area (Å²) in [6.07, 6.45) is 7.29. The third-order valence-corrected chi connectivity index (χ3v) is 5.07. The van der Waals surface area contributed by atoms with E-state index in [-0.39, 0.29) is 10.8 Å². The summed E-state index contributed by atoms with van der Waals surface area (Å²) in [5.41, 5.74) is 6.76. The molecule has 110 valence electrons. The summed E-state index contributed by atoms with van der Waals surface area (Å²) in [5, 5.41) is 0. The Morgan fingerprint density at radius 3 is 2.45 bits per heavy atom. The molecule has 2 N–H and O–H groups in total. The van der Waals surface area contributed by atoms with Crippen molar-refractivity contribution in [3.63, 3.8) is 0 Å². The predicted octanol–water partition coefficient (Wildman–Crippen LogP) is 4.38. The number of nitrogens with two attached hydrogens (primary N) is 1. The number of anilines is 1. The predicted molar refractivity (Wildman–Crippen MR) is 89.9 cm³/mol. The molecule has 0 aromatic heterocycles. The molecule has 0 atom stereocenters. The van der Waals surface area contributed by atoms with Crippen LogP contribution in [0.4, 0.5) is 10.1 Å². The normalized spacial score (nSPS) is 16.8. The van der Waals surface area contributed by atoms with Gasteiger partial charge in [-0.2, -0.15) is 0 Å². The van der Waals surface area contributed by atoms with Crippen molar-refractivity contribution in [3.05, 3.63) is 28.0 Å². The molecule has 1 aromatic rings. The largest absolute Gasteiger partial charge is 0.389 e. The number of benzene rings is 1. The molecular weight excluding hydrogens is 339 g/mol. The monoisotopic (exact) mass is 358 g/mol. The summed E-state index contributed by atoms with van der Waals surface area (Å²) >= 11 is 8.20. The van der Waals surface area contributed by atoms with Crippen LogP contribution in [0.3, 0.4) is 0 Å². The maximum atomic E-state index is 14.5. The summed E-state index contributed by atoms with van der Waals surface area (Å²) < 4.78 is 14.9. The first-order valence-corrected chi connectivity index (χ1v) is 8.23. The average Bonchev–Trinajstić information content (AvgIpc) is 2.69. The molecule has 5 heteroatoms. The topological polar surface area (TPSA) is 29.3 Å². The van der Waals surface area contributed by atoms with Crippen LogP contribution in [-0.4, -0.2) is 18.1 Å². The first-order chi connectivity index (χ1) is 9.52. The van der Waals surface area contributed by atoms with Gasteiger partial charge in [-0.25, -0.2) is 4.39 Å². The van der Waals surface area contributed by atoms with E-state index in [0.717, 1.165) is 12.8 Å². The maximum Gasteiger partial charge on any atom is 0.161 e. The van der Waals surface area contributed by atoms with Gasteiger partial charge in [0.2, 0.25) is 0 Å². The Kier molecular flexibility index (Phi) is 5.38. The summed E-state index contributed by atoms with van der Waals surface area (Å²) in [4.78, 5) is 2.27. The van der Waals surface area contributed by atoms with Crippen molar-refractivity contribution in [2.24, 2.45) is 5.73 Å². The Hall–Kier alpha value is -0.680. The number of thiocarbonyl (C=S) groups is 1. The highest BCUT2D eigenvalue weighted by molar-refractivity contribution is 9.10. The van der Waals surface area contributed by atoms with Gasteiger partial charge in [-0.15, -0.1) is 0 Å². The SMILES string of the molecule is CN(c1ccc(C(N)=S)c(Br)c1F)C1CCCCCC1. The Labute approximate surface area is 133 Å². The second-order valence-corrected chi connectivity index (χ2v) is 6.61. The molecule has 20 heavy (non-hydrogen) atoms. The quantitative estimate of drug-likeness (QED) is 0.642. The van der Waals surface area contributed by atoms with Crippen LogP contribution in [0.15, 0.2) is 16.6 Å². The lowest BCUT2D eigenvalue weighted by atomic mass is 10.1. The molecule has 1 fully saturated rings. The number of hydrogen-bond donors (Lipinski definition) is 1. The van der Waals surface area contributed by atoms with Gasteiger partial charge >= 0.3 is 0 Å². The van der Waals surface area contributed by atoms with E-state index in [1.54, 1.807) is 12.1 Å². The molecule has 2 nitrogen and oxygen atoms in total. The van der Waals surface area contributed by atoms with Crippen LogP contribution >= 0.6 is 28.1 Å². The van der Waals surface area contributed by atoms with Crippen molar-refractivity contribution < 1.29 is 4.39 Å². The minimum atomic E-state index is -0.276. The first kappa shape index (κ1) is 15.7. The smallest absolute Gasteiger partial charge is 0.161 e. The van der Waals surface area contributed by atoms with E-state index in [9.17, 15) is 4.39 Å². The van der Waals surface area contributed by atoms with E-state index in [2.05, 4.69) is 20.8 Å². The zero-order chi connectivity index (χ0) is 14.7. The van der Waals surface area contributed by atoms with Crippen LogP contribution in [0.1, 0.15) is 44.1 Å². The Balaban J connectivity index is 2.27. The first-order valence-electron chi connectivity index (χ1n) is 7.03. The van der Waals surface area contributed by atoms with E-state index >= 15 is 0 Å². The molecule has 0 spiro atoms. The molecule has 1 aromatic carbocycles. The van der Waals surface area contributed by atoms with Gasteiger partial charge in [0.25, 0.3) is 0 Å². The van der Waals surface area contributed by atoms with Gasteiger partial charge in [0.15, 0.2) is 5.82 Å². The third kappa shape index (κ3) is 3.31. The number of halogens is 2. The van der Waals surface area contributed by atoms with Gasteiger partial charge in [0.1, 0.15) is 4.99 Å². The highest BCUT2D eigenvalue weighted by Gasteiger charge is 2.22. The highest BCUT2D eigenvalue weighted by Crippen LogP contribution is 2.32. The standard InChI is InChI=1S/C15H20BrFN2S/c1-19(10-6-4-2-3-5-7-10)12-9-8-11(15(18)20)13(16)14(12)17/h8-10H,2-7H2,1H3,(H2,18,20). The fourth-order valence-electron chi connectivity index (χ4n) is 2.84. The number of nitrogens with zero attached hydrogens (tertiary/aromatic N) is 1. The molecule has 1 aliphatic rings. The Morgan fingerprint density at radius 1 is 1.30 bits per heavy atom. The van der Waals surface area contributed by atoms with E-state index in [1.807, 2.05) is 7.05 Å². The molecule has 0 amide bonds. The van der Waals surface area contributed by atoms with Crippen molar-refractivity contribution in [2.45, 2.75) is 44.6 Å². The van der Waals surface area contributed by atoms with Gasteiger partial charge in [-0.1, -0.05) is 37.9 Å². The molecule has 0 unspecified atom stereocenters. The zero-order valence-electron chi connectivity index (χ0n) is 11.7. The Morgan fingerprint density at radius 2 is 1.90 bits per heavy atom. The van der Waals surface area contributed by atoms with Crippen LogP contribution in [0.5, 0.6) is 0 Å². The van der Waals surface area contributed by atoms with Crippen LogP contribution in [0.2, 0.25) is 0 Å². The van der Waals surface area contributed by atoms with E-state index in [0.29, 0.717) is 21.8 Å². The third-order valence-electron chi connectivity index (χ3n) is 4.08. The van der Waals surface area contributed by atoms with E-state index in [4.69, 9.17) is 18.0 Å². The van der Waals surface area contributed by atoms with Crippen molar-refractivity contribution in [1.29, 1.82) is 0 Å². The van der Waals surface area contributed by atoms with Crippen molar-refractivity contribution in [2.75, 3.05) is 11.9 Å². The van der Waals surface area contributed by atoms with Crippen molar-refractivity contribution in [1.82, 2.24) is 0 Å². The van der Waals surface area contributed by atoms with Crippen LogP contribution in [-0.2, 0) is 0 Å². The van der Waals surface area contributed by atoms with Gasteiger partial charge in [0.05, 0.1) is 10.2 Å². The summed E-state index contributed by atoms with van der Waals surface area (Å²) in [5.74, 6) is -0.276. The fraction of sp³-hybridized carbons (Fsp3) is 0.533. The van der Waals surface area contributed by atoms with Gasteiger partial charge in [0, 0.05) is 18.7 Å². The molecule has 1 aliphatic carbocycles. The lowest BCUT2D eigenvalue weighted by Gasteiger charge is -2.30. The summed E-state index contributed by atoms with van der Waals surface area (Å²) in [6, 6.07) is 3.98. The summed E-state index contributed by atoms with van der Waals surface area (Å²) in [6.45, 7) is 0. The molecule has 1 saturated carbocycles. The molecule has 0 heterocycles. The van der Waals surface area contributed by atoms with E-state index < -0.39 is 0 Å². The fourth-order valence-corrected chi connectivity index (χ4v) is 3.69. The molecule has 0 bridgehead atoms. The van der Waals surface area contributed by atoms with Crippen LogP contribution < -0.4 is 10.6 Å². The molecular formula is C15H20BrFN2S. The minimum absolute atomic E-state index is 0.208. The zero-order valence-corrected chi connectivity index (χ0v) is 14.1. The number of rotatable bonds is 3. The van der Waals surface area contributed by atoms with Gasteiger partial charge in [-0.3, -0.25) is 0 Å². The lowest BCUT2D eigenvalue weighted by Crippen LogP contribution is -2.32. The van der Waals surface area contributed by atoms with Gasteiger partial charge < -0.3 is 10.6 Å². The van der Waals surface area contributed by atoms with Crippen molar-refractivity contribution in [3.8, 4) is 0 Å². The van der Waals surface area contributed by atoms with E-state index in [1.165, 1.54) is 25.7 Å². The molecule has 0 aliphatic heterocycles. The minimum Gasteiger partial charge on any atom is -0.389 e. The highest BCUT2D eigenvalue weighted by atomic mass is 79.9. The average molecular weight is 359 g/mol. The van der Waals surface area contributed by atoms with Crippen LogP contribution in [0, 0.1) is 5.82 Å². The van der Waals surface area contributed by atoms with Crippen LogP contribution in [0.25, 0.3) is 0 Å². The lowest BCUT2D eigenvalue weighted by molar-refractivity contribution is 0.537. The Bertz CT molecular complexity index is 499. The second kappa shape index (κ2) is 6.85. The second-order valence-electron chi connectivity index (χ2n) is 5.38. The molecule has 2 rings (SSSR count). The number of hydrogen-bond acceptors (Lipinski definition) is 2. The molecule has 0 saturated heterocycles.